The number of carbonyl (C=O) groups excluding carboxylic acids is 2. The second kappa shape index (κ2) is 6.48. The molecule has 2 amide bonds. The fourth-order valence-corrected chi connectivity index (χ4v) is 1.92. The van der Waals surface area contributed by atoms with Crippen molar-refractivity contribution < 1.29 is 9.59 Å². The number of rotatable bonds is 6. The molecular formula is C11H21N3O2. The zero-order valence-electron chi connectivity index (χ0n) is 9.87. The highest BCUT2D eigenvalue weighted by molar-refractivity contribution is 5.87. The third kappa shape index (κ3) is 3.81. The van der Waals surface area contributed by atoms with E-state index >= 15 is 0 Å². The molecule has 0 aliphatic carbocycles. The molecule has 1 saturated heterocycles. The Hall–Kier alpha value is -1.10. The van der Waals surface area contributed by atoms with Crippen molar-refractivity contribution in [3.63, 3.8) is 0 Å². The van der Waals surface area contributed by atoms with Crippen LogP contribution in [0.4, 0.5) is 0 Å². The highest BCUT2D eigenvalue weighted by Crippen LogP contribution is 2.09. The van der Waals surface area contributed by atoms with E-state index in [9.17, 15) is 9.59 Å². The summed E-state index contributed by atoms with van der Waals surface area (Å²) < 4.78 is 0. The molecule has 1 aliphatic rings. The van der Waals surface area contributed by atoms with Crippen LogP contribution in [0.3, 0.4) is 0 Å². The van der Waals surface area contributed by atoms with Gasteiger partial charge in [0.05, 0.1) is 12.6 Å². The highest BCUT2D eigenvalue weighted by Gasteiger charge is 2.27. The maximum Gasteiger partial charge on any atom is 0.240 e. The van der Waals surface area contributed by atoms with Crippen LogP contribution < -0.4 is 11.1 Å². The van der Waals surface area contributed by atoms with Crippen LogP contribution in [0, 0.1) is 0 Å². The highest BCUT2D eigenvalue weighted by atomic mass is 16.2. The normalized spacial score (nSPS) is 19.7. The first-order valence-electron chi connectivity index (χ1n) is 5.95. The van der Waals surface area contributed by atoms with Gasteiger partial charge in [0.25, 0.3) is 0 Å². The molecule has 0 saturated carbocycles. The van der Waals surface area contributed by atoms with Gasteiger partial charge in [0.2, 0.25) is 11.8 Å². The second-order valence-corrected chi connectivity index (χ2v) is 4.23. The predicted octanol–water partition coefficient (Wildman–Crippen LogP) is -0.148. The van der Waals surface area contributed by atoms with Crippen molar-refractivity contribution >= 4 is 11.8 Å². The van der Waals surface area contributed by atoms with E-state index < -0.39 is 5.91 Å². The van der Waals surface area contributed by atoms with Crippen molar-refractivity contribution in [3.05, 3.63) is 0 Å². The zero-order valence-corrected chi connectivity index (χ0v) is 9.87. The lowest BCUT2D eigenvalue weighted by Gasteiger charge is -2.24. The van der Waals surface area contributed by atoms with Crippen molar-refractivity contribution in [1.29, 1.82) is 0 Å². The average molecular weight is 227 g/mol. The predicted molar refractivity (Wildman–Crippen MR) is 61.7 cm³/mol. The van der Waals surface area contributed by atoms with E-state index in [0.717, 1.165) is 32.2 Å². The first-order valence-corrected chi connectivity index (χ1v) is 5.95. The molecule has 3 N–H and O–H groups in total. The molecular weight excluding hydrogens is 206 g/mol. The molecule has 92 valence electrons. The summed E-state index contributed by atoms with van der Waals surface area (Å²) >= 11 is 0. The second-order valence-electron chi connectivity index (χ2n) is 4.23. The Morgan fingerprint density at radius 2 is 2.25 bits per heavy atom. The molecule has 1 unspecified atom stereocenters. The quantitative estimate of drug-likeness (QED) is 0.662. The summed E-state index contributed by atoms with van der Waals surface area (Å²) in [5, 5.41) is 3.14. The smallest absolute Gasteiger partial charge is 0.240 e. The minimum atomic E-state index is -0.442. The van der Waals surface area contributed by atoms with Crippen LogP contribution in [-0.2, 0) is 9.59 Å². The van der Waals surface area contributed by atoms with Crippen LogP contribution in [0.1, 0.15) is 32.6 Å². The van der Waals surface area contributed by atoms with E-state index in [0.29, 0.717) is 6.54 Å². The molecule has 5 heteroatoms. The summed E-state index contributed by atoms with van der Waals surface area (Å²) in [5.41, 5.74) is 5.15. The van der Waals surface area contributed by atoms with E-state index in [-0.39, 0.29) is 18.5 Å². The van der Waals surface area contributed by atoms with Crippen molar-refractivity contribution in [2.45, 2.75) is 38.6 Å². The lowest BCUT2D eigenvalue weighted by atomic mass is 10.2. The number of nitrogens with two attached hydrogens (primary N) is 1. The standard InChI is InChI=1S/C11H21N3O2/c1-2-3-7-14(8-10(12)15)11(16)9-5-4-6-13-9/h9,13H,2-8H2,1H3,(H2,12,15). The fourth-order valence-electron chi connectivity index (χ4n) is 1.92. The number of nitrogens with one attached hydrogen (secondary N) is 1. The van der Waals surface area contributed by atoms with Crippen LogP contribution in [0.2, 0.25) is 0 Å². The van der Waals surface area contributed by atoms with Gasteiger partial charge < -0.3 is 16.0 Å². The lowest BCUT2D eigenvalue weighted by Crippen LogP contribution is -2.47. The number of primary amides is 1. The SMILES string of the molecule is CCCCN(CC(N)=O)C(=O)C1CCCN1. The van der Waals surface area contributed by atoms with Gasteiger partial charge in [-0.25, -0.2) is 0 Å². The molecule has 1 aliphatic heterocycles. The van der Waals surface area contributed by atoms with Crippen LogP contribution in [0.5, 0.6) is 0 Å². The van der Waals surface area contributed by atoms with Gasteiger partial charge in [-0.15, -0.1) is 0 Å². The first-order chi connectivity index (χ1) is 7.65. The zero-order chi connectivity index (χ0) is 12.0. The van der Waals surface area contributed by atoms with E-state index in [1.54, 1.807) is 4.90 Å². The van der Waals surface area contributed by atoms with Crippen molar-refractivity contribution in [2.75, 3.05) is 19.6 Å². The third-order valence-electron chi connectivity index (χ3n) is 2.80. The van der Waals surface area contributed by atoms with Gasteiger partial charge >= 0.3 is 0 Å². The Balaban J connectivity index is 2.51. The van der Waals surface area contributed by atoms with Crippen LogP contribution in [0.25, 0.3) is 0 Å². The number of unbranched alkanes of at least 4 members (excludes halogenated alkanes) is 1. The Kier molecular flexibility index (Phi) is 5.25. The number of carbonyl (C=O) groups is 2. The lowest BCUT2D eigenvalue weighted by molar-refractivity contribution is -0.136. The average Bonchev–Trinajstić information content (AvgIpc) is 2.76. The molecule has 0 spiro atoms. The van der Waals surface area contributed by atoms with Gasteiger partial charge in [-0.3, -0.25) is 9.59 Å². The van der Waals surface area contributed by atoms with Gasteiger partial charge in [0, 0.05) is 6.54 Å². The van der Waals surface area contributed by atoms with E-state index in [1.165, 1.54) is 0 Å². The first kappa shape index (κ1) is 13.0. The fraction of sp³-hybridized carbons (Fsp3) is 0.818. The maximum atomic E-state index is 12.0. The summed E-state index contributed by atoms with van der Waals surface area (Å²) in [6.45, 7) is 3.60. The molecule has 1 heterocycles. The maximum absolute atomic E-state index is 12.0. The van der Waals surface area contributed by atoms with Gasteiger partial charge in [-0.1, -0.05) is 13.3 Å². The monoisotopic (exact) mass is 227 g/mol. The van der Waals surface area contributed by atoms with Crippen LogP contribution >= 0.6 is 0 Å². The van der Waals surface area contributed by atoms with Crippen LogP contribution in [0.15, 0.2) is 0 Å². The van der Waals surface area contributed by atoms with E-state index in [1.807, 2.05) is 0 Å². The van der Waals surface area contributed by atoms with Gasteiger partial charge in [-0.05, 0) is 25.8 Å². The Bertz CT molecular complexity index is 250. The number of amides is 2. The molecule has 1 fully saturated rings. The van der Waals surface area contributed by atoms with E-state index in [4.69, 9.17) is 5.73 Å². The van der Waals surface area contributed by atoms with Crippen molar-refractivity contribution in [1.82, 2.24) is 10.2 Å². The van der Waals surface area contributed by atoms with Crippen LogP contribution in [-0.4, -0.2) is 42.4 Å². The number of hydrogen-bond acceptors (Lipinski definition) is 3. The van der Waals surface area contributed by atoms with E-state index in [2.05, 4.69) is 12.2 Å². The molecule has 0 aromatic carbocycles. The summed E-state index contributed by atoms with van der Waals surface area (Å²) in [4.78, 5) is 24.5. The minimum Gasteiger partial charge on any atom is -0.368 e. The summed E-state index contributed by atoms with van der Waals surface area (Å²) in [6.07, 6.45) is 3.79. The molecule has 0 radical (unpaired) electrons. The molecule has 0 aromatic rings. The summed E-state index contributed by atoms with van der Waals surface area (Å²) in [6, 6.07) is -0.115. The molecule has 16 heavy (non-hydrogen) atoms. The third-order valence-corrected chi connectivity index (χ3v) is 2.80. The molecule has 0 bridgehead atoms. The Labute approximate surface area is 96.4 Å². The molecule has 1 atom stereocenters. The van der Waals surface area contributed by atoms with Gasteiger partial charge in [0.15, 0.2) is 0 Å². The number of nitrogens with zero attached hydrogens (tertiary/aromatic N) is 1. The minimum absolute atomic E-state index is 0.0183. The summed E-state index contributed by atoms with van der Waals surface area (Å²) in [7, 11) is 0. The van der Waals surface area contributed by atoms with Gasteiger partial charge in [-0.2, -0.15) is 0 Å². The molecule has 5 nitrogen and oxygen atoms in total. The van der Waals surface area contributed by atoms with Gasteiger partial charge in [0.1, 0.15) is 0 Å². The molecule has 0 aromatic heterocycles. The van der Waals surface area contributed by atoms with Crippen molar-refractivity contribution in [3.8, 4) is 0 Å². The summed E-state index contributed by atoms with van der Waals surface area (Å²) in [5.74, 6) is -0.424. The van der Waals surface area contributed by atoms with Crippen molar-refractivity contribution in [2.24, 2.45) is 5.73 Å². The topological polar surface area (TPSA) is 75.4 Å². The number of hydrogen-bond donors (Lipinski definition) is 2. The Morgan fingerprint density at radius 3 is 2.75 bits per heavy atom. The largest absolute Gasteiger partial charge is 0.368 e. The Morgan fingerprint density at radius 1 is 1.50 bits per heavy atom. The molecule has 1 rings (SSSR count).